The molecule has 1 heterocycles. The molecule has 0 bridgehead atoms. The van der Waals surface area contributed by atoms with Gasteiger partial charge in [-0.1, -0.05) is 42.5 Å². The molecule has 0 unspecified atom stereocenters. The van der Waals surface area contributed by atoms with Crippen LogP contribution in [-0.2, 0) is 10.0 Å². The standard InChI is InChI=1S/C21H17N3O4S2/c1-15-12-13-18(30(25,26)24-21-22-14-23-29-21)20(28-17-10-6-3-7-11-17)19(15)27-16-8-4-2-5-9-16/h2-14H,1H3,(H,22,23,24). The minimum absolute atomic E-state index is 0.0712. The van der Waals surface area contributed by atoms with Gasteiger partial charge in [-0.15, -0.1) is 0 Å². The van der Waals surface area contributed by atoms with Crippen LogP contribution in [0.3, 0.4) is 0 Å². The van der Waals surface area contributed by atoms with Crippen molar-refractivity contribution in [2.24, 2.45) is 0 Å². The van der Waals surface area contributed by atoms with E-state index in [1.807, 2.05) is 31.2 Å². The van der Waals surface area contributed by atoms with Gasteiger partial charge in [0.25, 0.3) is 10.0 Å². The summed E-state index contributed by atoms with van der Waals surface area (Å²) in [5, 5.41) is 0.159. The molecule has 7 nitrogen and oxygen atoms in total. The van der Waals surface area contributed by atoms with Crippen molar-refractivity contribution >= 4 is 26.7 Å². The van der Waals surface area contributed by atoms with Crippen LogP contribution in [0.15, 0.2) is 84.0 Å². The summed E-state index contributed by atoms with van der Waals surface area (Å²) in [5.41, 5.74) is 0.722. The first-order chi connectivity index (χ1) is 14.5. The summed E-state index contributed by atoms with van der Waals surface area (Å²) in [7, 11) is -4.01. The average molecular weight is 440 g/mol. The molecule has 0 aliphatic carbocycles. The molecule has 4 rings (SSSR count). The highest BCUT2D eigenvalue weighted by Crippen LogP contribution is 2.42. The SMILES string of the molecule is Cc1ccc(S(=O)(=O)Nc2ncns2)c(Oc2ccccc2)c1Oc1ccccc1. The molecule has 9 heteroatoms. The van der Waals surface area contributed by atoms with E-state index < -0.39 is 10.0 Å². The van der Waals surface area contributed by atoms with Gasteiger partial charge in [-0.05, 0) is 42.8 Å². The number of hydrogen-bond donors (Lipinski definition) is 1. The van der Waals surface area contributed by atoms with Crippen LogP contribution in [0.25, 0.3) is 0 Å². The minimum atomic E-state index is -4.01. The number of sulfonamides is 1. The van der Waals surface area contributed by atoms with Gasteiger partial charge >= 0.3 is 0 Å². The topological polar surface area (TPSA) is 90.4 Å². The van der Waals surface area contributed by atoms with Gasteiger partial charge in [0.05, 0.1) is 0 Å². The largest absolute Gasteiger partial charge is 0.453 e. The molecule has 0 aliphatic heterocycles. The molecule has 0 saturated carbocycles. The predicted molar refractivity (Wildman–Crippen MR) is 115 cm³/mol. The van der Waals surface area contributed by atoms with Crippen LogP contribution >= 0.6 is 11.5 Å². The lowest BCUT2D eigenvalue weighted by atomic mass is 10.2. The third kappa shape index (κ3) is 4.42. The Kier molecular flexibility index (Phi) is 5.64. The second-order valence-electron chi connectivity index (χ2n) is 6.22. The van der Waals surface area contributed by atoms with Gasteiger partial charge in [0.15, 0.2) is 11.5 Å². The number of nitrogens with one attached hydrogen (secondary N) is 1. The molecular formula is C21H17N3O4S2. The third-order valence-corrected chi connectivity index (χ3v) is 6.14. The summed E-state index contributed by atoms with van der Waals surface area (Å²) in [4.78, 5) is 3.82. The third-order valence-electron chi connectivity index (χ3n) is 4.07. The van der Waals surface area contributed by atoms with Crippen molar-refractivity contribution in [1.29, 1.82) is 0 Å². The molecule has 3 aromatic carbocycles. The zero-order chi connectivity index (χ0) is 21.0. The highest BCUT2D eigenvalue weighted by Gasteiger charge is 2.26. The quantitative estimate of drug-likeness (QED) is 0.424. The lowest BCUT2D eigenvalue weighted by molar-refractivity contribution is 0.406. The first-order valence-electron chi connectivity index (χ1n) is 8.92. The Balaban J connectivity index is 1.83. The van der Waals surface area contributed by atoms with Crippen molar-refractivity contribution in [1.82, 2.24) is 9.36 Å². The average Bonchev–Trinajstić information content (AvgIpc) is 3.24. The van der Waals surface area contributed by atoms with Gasteiger partial charge in [-0.25, -0.2) is 13.4 Å². The summed E-state index contributed by atoms with van der Waals surface area (Å²) >= 11 is 0.941. The number of rotatable bonds is 7. The number of benzene rings is 3. The van der Waals surface area contributed by atoms with Gasteiger partial charge in [0.1, 0.15) is 22.7 Å². The van der Waals surface area contributed by atoms with Crippen LogP contribution < -0.4 is 14.2 Å². The second-order valence-corrected chi connectivity index (χ2v) is 8.65. The number of ether oxygens (including phenoxy) is 2. The zero-order valence-electron chi connectivity index (χ0n) is 15.8. The molecule has 0 aliphatic rings. The first-order valence-corrected chi connectivity index (χ1v) is 11.2. The molecule has 0 spiro atoms. The molecule has 1 N–H and O–H groups in total. The molecule has 0 atom stereocenters. The summed E-state index contributed by atoms with van der Waals surface area (Å²) in [5.74, 6) is 1.44. The van der Waals surface area contributed by atoms with E-state index in [0.717, 1.165) is 17.1 Å². The van der Waals surface area contributed by atoms with Gasteiger partial charge in [0, 0.05) is 11.5 Å². The highest BCUT2D eigenvalue weighted by molar-refractivity contribution is 7.93. The molecule has 4 aromatic rings. The van der Waals surface area contributed by atoms with E-state index in [0.29, 0.717) is 17.2 Å². The van der Waals surface area contributed by atoms with Crippen molar-refractivity contribution in [2.75, 3.05) is 4.72 Å². The maximum absolute atomic E-state index is 13.1. The number of anilines is 1. The van der Waals surface area contributed by atoms with E-state index in [2.05, 4.69) is 14.1 Å². The smallest absolute Gasteiger partial charge is 0.267 e. The number of hydrogen-bond acceptors (Lipinski definition) is 7. The van der Waals surface area contributed by atoms with E-state index >= 15 is 0 Å². The number of aromatic nitrogens is 2. The minimum Gasteiger partial charge on any atom is -0.453 e. The normalized spacial score (nSPS) is 11.1. The van der Waals surface area contributed by atoms with Gasteiger partial charge in [-0.2, -0.15) is 4.37 Å². The van der Waals surface area contributed by atoms with E-state index in [4.69, 9.17) is 9.47 Å². The maximum atomic E-state index is 13.1. The fourth-order valence-corrected chi connectivity index (χ4v) is 4.46. The van der Waals surface area contributed by atoms with E-state index in [1.165, 1.54) is 12.4 Å². The number of nitrogens with zero attached hydrogens (tertiary/aromatic N) is 2. The molecular weight excluding hydrogens is 422 g/mol. The van der Waals surface area contributed by atoms with Crippen molar-refractivity contribution in [3.05, 3.63) is 84.7 Å². The molecule has 0 fully saturated rings. The molecule has 30 heavy (non-hydrogen) atoms. The van der Waals surface area contributed by atoms with E-state index in [-0.39, 0.29) is 15.8 Å². The Labute approximate surface area is 178 Å². The fourth-order valence-electron chi connectivity index (χ4n) is 2.68. The van der Waals surface area contributed by atoms with Crippen LogP contribution in [-0.4, -0.2) is 17.8 Å². The summed E-state index contributed by atoms with van der Waals surface area (Å²) < 4.78 is 44.6. The van der Waals surface area contributed by atoms with Crippen molar-refractivity contribution in [2.45, 2.75) is 11.8 Å². The van der Waals surface area contributed by atoms with E-state index in [1.54, 1.807) is 42.5 Å². The fraction of sp³-hybridized carbons (Fsp3) is 0.0476. The van der Waals surface area contributed by atoms with Gasteiger partial charge < -0.3 is 9.47 Å². The first kappa shape index (κ1) is 19.9. The number of para-hydroxylation sites is 2. The molecule has 1 aromatic heterocycles. The van der Waals surface area contributed by atoms with Gasteiger partial charge in [0.2, 0.25) is 5.13 Å². The van der Waals surface area contributed by atoms with Crippen LogP contribution in [0.4, 0.5) is 5.13 Å². The molecule has 152 valence electrons. The van der Waals surface area contributed by atoms with Crippen LogP contribution in [0.2, 0.25) is 0 Å². The van der Waals surface area contributed by atoms with Crippen LogP contribution in [0.1, 0.15) is 5.56 Å². The Morgan fingerprint density at radius 2 is 1.43 bits per heavy atom. The lowest BCUT2D eigenvalue weighted by Gasteiger charge is -2.18. The monoisotopic (exact) mass is 439 g/mol. The van der Waals surface area contributed by atoms with E-state index in [9.17, 15) is 8.42 Å². The Morgan fingerprint density at radius 1 is 0.833 bits per heavy atom. The Hall–Kier alpha value is -3.43. The van der Waals surface area contributed by atoms with Gasteiger partial charge in [-0.3, -0.25) is 4.72 Å². The second kappa shape index (κ2) is 8.52. The van der Waals surface area contributed by atoms with Crippen molar-refractivity contribution < 1.29 is 17.9 Å². The molecule has 0 amide bonds. The summed E-state index contributed by atoms with van der Waals surface area (Å²) in [6.45, 7) is 1.82. The zero-order valence-corrected chi connectivity index (χ0v) is 17.5. The lowest BCUT2D eigenvalue weighted by Crippen LogP contribution is -2.14. The summed E-state index contributed by atoms with van der Waals surface area (Å²) in [6, 6.07) is 21.2. The Morgan fingerprint density at radius 3 is 2.00 bits per heavy atom. The predicted octanol–water partition coefficient (Wildman–Crippen LogP) is 5.23. The maximum Gasteiger partial charge on any atom is 0.267 e. The summed E-state index contributed by atoms with van der Waals surface area (Å²) in [6.07, 6.45) is 1.28. The molecule has 0 radical (unpaired) electrons. The number of aryl methyl sites for hydroxylation is 1. The van der Waals surface area contributed by atoms with Crippen LogP contribution in [0, 0.1) is 6.92 Å². The van der Waals surface area contributed by atoms with Crippen LogP contribution in [0.5, 0.6) is 23.0 Å². The highest BCUT2D eigenvalue weighted by atomic mass is 32.2. The Bertz CT molecular complexity index is 1230. The van der Waals surface area contributed by atoms with Crippen molar-refractivity contribution in [3.8, 4) is 23.0 Å². The molecule has 0 saturated heterocycles. The van der Waals surface area contributed by atoms with Crippen molar-refractivity contribution in [3.63, 3.8) is 0 Å².